The number of fused-ring (bicyclic) bond motifs is 2. The van der Waals surface area contributed by atoms with Gasteiger partial charge < -0.3 is 14.6 Å². The zero-order chi connectivity index (χ0) is 19.8. The van der Waals surface area contributed by atoms with E-state index in [1.54, 1.807) is 0 Å². The van der Waals surface area contributed by atoms with Crippen LogP contribution >= 0.6 is 0 Å². The topological polar surface area (TPSA) is 55.8 Å². The quantitative estimate of drug-likeness (QED) is 0.692. The molecule has 4 nitrogen and oxygen atoms in total. The molecule has 4 heteroatoms. The van der Waals surface area contributed by atoms with Gasteiger partial charge in [-0.1, -0.05) is 62.8 Å². The molecule has 5 rings (SSSR count). The summed E-state index contributed by atoms with van der Waals surface area (Å²) in [6.07, 6.45) is 10.5. The molecule has 0 bridgehead atoms. The van der Waals surface area contributed by atoms with Crippen LogP contribution in [-0.4, -0.2) is 17.4 Å². The van der Waals surface area contributed by atoms with Crippen LogP contribution in [0.25, 0.3) is 10.8 Å². The number of hydrogen-bond acceptors (Lipinski definition) is 3. The number of rotatable bonds is 3. The van der Waals surface area contributed by atoms with Gasteiger partial charge in [-0.25, -0.2) is 4.79 Å². The summed E-state index contributed by atoms with van der Waals surface area (Å²) in [5, 5.41) is 12.1. The van der Waals surface area contributed by atoms with Gasteiger partial charge in [0.05, 0.1) is 0 Å². The van der Waals surface area contributed by atoms with Crippen molar-refractivity contribution in [3.8, 4) is 5.75 Å². The third kappa shape index (κ3) is 3.22. The standard InChI is InChI=1S/C25H30O4/c26-23(27)24-28-22-16-18-10-8-7-9-17(18)15-21(22)25(29-24,19-11-3-1-4-12-19)20-13-5-2-6-14-20/h7-10,15-16,19-20,24H,1-6,11-14H2,(H,26,27). The molecule has 1 unspecified atom stereocenters. The molecule has 2 aromatic carbocycles. The molecule has 0 aromatic heterocycles. The van der Waals surface area contributed by atoms with E-state index in [2.05, 4.69) is 24.3 Å². The van der Waals surface area contributed by atoms with Crippen LogP contribution in [0.2, 0.25) is 0 Å². The maximum atomic E-state index is 12.0. The van der Waals surface area contributed by atoms with Crippen molar-refractivity contribution >= 4 is 16.7 Å². The maximum Gasteiger partial charge on any atom is 0.373 e. The average molecular weight is 395 g/mol. The van der Waals surface area contributed by atoms with Gasteiger partial charge in [0.15, 0.2) is 0 Å². The van der Waals surface area contributed by atoms with E-state index in [4.69, 9.17) is 9.47 Å². The Morgan fingerprint density at radius 3 is 1.97 bits per heavy atom. The van der Waals surface area contributed by atoms with Gasteiger partial charge in [-0.05, 0) is 60.4 Å². The van der Waals surface area contributed by atoms with Crippen molar-refractivity contribution in [2.24, 2.45) is 11.8 Å². The first kappa shape index (κ1) is 18.9. The molecule has 154 valence electrons. The van der Waals surface area contributed by atoms with Crippen LogP contribution in [0.3, 0.4) is 0 Å². The molecule has 2 aliphatic carbocycles. The number of aliphatic carboxylic acids is 1. The molecule has 1 aliphatic heterocycles. The summed E-state index contributed by atoms with van der Waals surface area (Å²) in [7, 11) is 0. The summed E-state index contributed by atoms with van der Waals surface area (Å²) in [4.78, 5) is 12.0. The minimum atomic E-state index is -1.23. The molecular weight excluding hydrogens is 364 g/mol. The summed E-state index contributed by atoms with van der Waals surface area (Å²) >= 11 is 0. The molecule has 0 radical (unpaired) electrons. The predicted octanol–water partition coefficient (Wildman–Crippen LogP) is 6.02. The molecule has 2 fully saturated rings. The summed E-state index contributed by atoms with van der Waals surface area (Å²) in [6.45, 7) is 0. The zero-order valence-corrected chi connectivity index (χ0v) is 16.9. The molecule has 29 heavy (non-hydrogen) atoms. The Hall–Kier alpha value is -2.07. The van der Waals surface area contributed by atoms with Crippen molar-refractivity contribution in [3.05, 3.63) is 42.0 Å². The molecule has 2 saturated carbocycles. The van der Waals surface area contributed by atoms with Crippen LogP contribution in [0.5, 0.6) is 5.75 Å². The molecule has 2 aromatic rings. The maximum absolute atomic E-state index is 12.0. The fraction of sp³-hybridized carbons (Fsp3) is 0.560. The van der Waals surface area contributed by atoms with Gasteiger partial charge in [0.25, 0.3) is 6.29 Å². The van der Waals surface area contributed by atoms with Gasteiger partial charge in [0.1, 0.15) is 11.4 Å². The lowest BCUT2D eigenvalue weighted by molar-refractivity contribution is -0.251. The van der Waals surface area contributed by atoms with Gasteiger partial charge in [-0.15, -0.1) is 0 Å². The largest absolute Gasteiger partial charge is 0.477 e. The first-order valence-electron chi connectivity index (χ1n) is 11.3. The normalized spacial score (nSPS) is 25.3. The number of hydrogen-bond donors (Lipinski definition) is 1. The van der Waals surface area contributed by atoms with Crippen molar-refractivity contribution in [3.63, 3.8) is 0 Å². The molecule has 0 amide bonds. The molecule has 1 heterocycles. The first-order chi connectivity index (χ1) is 14.2. The Kier molecular flexibility index (Phi) is 4.99. The average Bonchev–Trinajstić information content (AvgIpc) is 2.78. The van der Waals surface area contributed by atoms with E-state index in [0.717, 1.165) is 36.6 Å². The van der Waals surface area contributed by atoms with Crippen molar-refractivity contribution < 1.29 is 19.4 Å². The summed E-state index contributed by atoms with van der Waals surface area (Å²) in [5.41, 5.74) is 0.536. The highest BCUT2D eigenvalue weighted by Gasteiger charge is 2.54. The number of carboxylic acids is 1. The SMILES string of the molecule is O=C(O)C1Oc2cc3ccccc3cc2C(C2CCCCC2)(C2CCCCC2)O1. The second kappa shape index (κ2) is 7.64. The second-order valence-electron chi connectivity index (χ2n) is 9.06. The van der Waals surface area contributed by atoms with Crippen molar-refractivity contribution in [2.75, 3.05) is 0 Å². The van der Waals surface area contributed by atoms with Crippen LogP contribution in [0.4, 0.5) is 0 Å². The lowest BCUT2D eigenvalue weighted by Crippen LogP contribution is -2.54. The lowest BCUT2D eigenvalue weighted by atomic mass is 9.62. The zero-order valence-electron chi connectivity index (χ0n) is 16.9. The van der Waals surface area contributed by atoms with Crippen LogP contribution in [0, 0.1) is 11.8 Å². The minimum absolute atomic E-state index is 0.352. The van der Waals surface area contributed by atoms with E-state index in [9.17, 15) is 9.90 Å². The molecular formula is C25H30O4. The Morgan fingerprint density at radius 2 is 1.41 bits per heavy atom. The molecule has 0 spiro atoms. The van der Waals surface area contributed by atoms with E-state index >= 15 is 0 Å². The van der Waals surface area contributed by atoms with Gasteiger partial charge in [-0.3, -0.25) is 0 Å². The van der Waals surface area contributed by atoms with Gasteiger partial charge >= 0.3 is 5.97 Å². The van der Waals surface area contributed by atoms with Crippen molar-refractivity contribution in [2.45, 2.75) is 76.1 Å². The summed E-state index contributed by atoms with van der Waals surface area (Å²) < 4.78 is 12.5. The van der Waals surface area contributed by atoms with E-state index in [1.165, 1.54) is 43.9 Å². The van der Waals surface area contributed by atoms with E-state index in [-0.39, 0.29) is 0 Å². The predicted molar refractivity (Wildman–Crippen MR) is 112 cm³/mol. The highest BCUT2D eigenvalue weighted by atomic mass is 16.7. The van der Waals surface area contributed by atoms with Crippen LogP contribution in [0.1, 0.15) is 69.8 Å². The summed E-state index contributed by atoms with van der Waals surface area (Å²) in [6, 6.07) is 12.5. The Morgan fingerprint density at radius 1 is 0.862 bits per heavy atom. The third-order valence-electron chi connectivity index (χ3n) is 7.43. The smallest absolute Gasteiger partial charge is 0.373 e. The van der Waals surface area contributed by atoms with Crippen LogP contribution in [-0.2, 0) is 15.1 Å². The molecule has 3 aliphatic rings. The highest BCUT2D eigenvalue weighted by Crippen LogP contribution is 2.56. The number of ether oxygens (including phenoxy) is 2. The van der Waals surface area contributed by atoms with Gasteiger partial charge in [0.2, 0.25) is 0 Å². The number of carboxylic acid groups (broad SMARTS) is 1. The fourth-order valence-corrected chi connectivity index (χ4v) is 6.13. The fourth-order valence-electron chi connectivity index (χ4n) is 6.13. The Balaban J connectivity index is 1.72. The number of carbonyl (C=O) groups is 1. The Bertz CT molecular complexity index is 875. The van der Waals surface area contributed by atoms with Crippen LogP contribution in [0.15, 0.2) is 36.4 Å². The van der Waals surface area contributed by atoms with Gasteiger partial charge in [-0.2, -0.15) is 0 Å². The number of benzene rings is 2. The van der Waals surface area contributed by atoms with E-state index in [1.807, 2.05) is 12.1 Å². The third-order valence-corrected chi connectivity index (χ3v) is 7.43. The van der Waals surface area contributed by atoms with Crippen molar-refractivity contribution in [1.82, 2.24) is 0 Å². The Labute approximate surface area is 172 Å². The first-order valence-corrected chi connectivity index (χ1v) is 11.3. The summed E-state index contributed by atoms with van der Waals surface area (Å²) in [5.74, 6) is 0.383. The second-order valence-corrected chi connectivity index (χ2v) is 9.06. The molecule has 1 atom stereocenters. The van der Waals surface area contributed by atoms with Crippen molar-refractivity contribution in [1.29, 1.82) is 0 Å². The monoisotopic (exact) mass is 394 g/mol. The van der Waals surface area contributed by atoms with Crippen LogP contribution < -0.4 is 4.74 Å². The highest BCUT2D eigenvalue weighted by molar-refractivity contribution is 5.86. The lowest BCUT2D eigenvalue weighted by Gasteiger charge is -2.52. The van der Waals surface area contributed by atoms with Gasteiger partial charge in [0, 0.05) is 5.56 Å². The molecule has 1 N–H and O–H groups in total. The van der Waals surface area contributed by atoms with E-state index < -0.39 is 17.9 Å². The van der Waals surface area contributed by atoms with E-state index in [0.29, 0.717) is 17.6 Å². The molecule has 0 saturated heterocycles. The minimum Gasteiger partial charge on any atom is -0.477 e.